The topological polar surface area (TPSA) is 42.2 Å². The van der Waals surface area contributed by atoms with Crippen LogP contribution in [0.1, 0.15) is 11.1 Å². The molecule has 21 heavy (non-hydrogen) atoms. The molecule has 0 radical (unpaired) electrons. The summed E-state index contributed by atoms with van der Waals surface area (Å²) >= 11 is 0. The molecule has 1 heterocycles. The van der Waals surface area contributed by atoms with E-state index in [9.17, 15) is 4.79 Å². The van der Waals surface area contributed by atoms with E-state index in [-0.39, 0.29) is 5.63 Å². The van der Waals surface area contributed by atoms with Crippen molar-refractivity contribution >= 4 is 11.0 Å². The van der Waals surface area contributed by atoms with E-state index in [0.717, 1.165) is 34.2 Å². The fraction of sp³-hybridized carbons (Fsp3) is 0.167. The standard InChI is InChI=1S/C18H17NO2/c1-12-5-3-4-6-14(12)16-10-18(20)21-17-9-13(11-19-2)7-8-15(16)17/h3-10,19H,11H2,1-2H3. The van der Waals surface area contributed by atoms with E-state index in [4.69, 9.17) is 4.42 Å². The summed E-state index contributed by atoms with van der Waals surface area (Å²) in [4.78, 5) is 11.9. The first-order valence-electron chi connectivity index (χ1n) is 6.96. The summed E-state index contributed by atoms with van der Waals surface area (Å²) in [6.45, 7) is 2.79. The Bertz CT molecular complexity index is 849. The molecule has 0 aliphatic rings. The quantitative estimate of drug-likeness (QED) is 0.746. The van der Waals surface area contributed by atoms with Gasteiger partial charge in [-0.05, 0) is 36.7 Å². The molecule has 1 aromatic heterocycles. The summed E-state index contributed by atoms with van der Waals surface area (Å²) in [6.07, 6.45) is 0. The third-order valence-corrected chi connectivity index (χ3v) is 3.63. The smallest absolute Gasteiger partial charge is 0.336 e. The Morgan fingerprint density at radius 2 is 1.86 bits per heavy atom. The van der Waals surface area contributed by atoms with Crippen LogP contribution in [0.25, 0.3) is 22.1 Å². The molecule has 0 amide bonds. The summed E-state index contributed by atoms with van der Waals surface area (Å²) in [5.74, 6) is 0. The number of fused-ring (bicyclic) bond motifs is 1. The largest absolute Gasteiger partial charge is 0.423 e. The molecule has 0 saturated heterocycles. The van der Waals surface area contributed by atoms with E-state index < -0.39 is 0 Å². The van der Waals surface area contributed by atoms with E-state index in [1.165, 1.54) is 0 Å². The summed E-state index contributed by atoms with van der Waals surface area (Å²) in [7, 11) is 1.89. The van der Waals surface area contributed by atoms with Crippen LogP contribution in [-0.2, 0) is 6.54 Å². The maximum atomic E-state index is 11.9. The third kappa shape index (κ3) is 2.60. The molecule has 0 saturated carbocycles. The van der Waals surface area contributed by atoms with Crippen molar-refractivity contribution in [2.24, 2.45) is 0 Å². The van der Waals surface area contributed by atoms with E-state index in [1.807, 2.05) is 50.4 Å². The van der Waals surface area contributed by atoms with Crippen LogP contribution >= 0.6 is 0 Å². The minimum atomic E-state index is -0.317. The first kappa shape index (κ1) is 13.6. The average Bonchev–Trinajstić information content (AvgIpc) is 2.47. The van der Waals surface area contributed by atoms with Gasteiger partial charge in [0.2, 0.25) is 0 Å². The Labute approximate surface area is 123 Å². The molecule has 3 rings (SSSR count). The molecule has 106 valence electrons. The first-order chi connectivity index (χ1) is 10.2. The Hall–Kier alpha value is -2.39. The van der Waals surface area contributed by atoms with Gasteiger partial charge in [-0.2, -0.15) is 0 Å². The lowest BCUT2D eigenvalue weighted by molar-refractivity contribution is 0.561. The van der Waals surface area contributed by atoms with Gasteiger partial charge in [0.05, 0.1) is 0 Å². The van der Waals surface area contributed by atoms with Crippen LogP contribution in [0, 0.1) is 6.92 Å². The molecule has 0 fully saturated rings. The van der Waals surface area contributed by atoms with Crippen LogP contribution < -0.4 is 10.9 Å². The minimum Gasteiger partial charge on any atom is -0.423 e. The summed E-state index contributed by atoms with van der Waals surface area (Å²) in [5.41, 5.74) is 4.54. The monoisotopic (exact) mass is 279 g/mol. The van der Waals surface area contributed by atoms with Gasteiger partial charge in [-0.3, -0.25) is 0 Å². The van der Waals surface area contributed by atoms with E-state index in [1.54, 1.807) is 6.07 Å². The highest BCUT2D eigenvalue weighted by atomic mass is 16.4. The molecule has 3 nitrogen and oxygen atoms in total. The highest BCUT2D eigenvalue weighted by Crippen LogP contribution is 2.29. The van der Waals surface area contributed by atoms with Crippen LogP contribution in [-0.4, -0.2) is 7.05 Å². The Morgan fingerprint density at radius 1 is 1.05 bits per heavy atom. The number of hydrogen-bond acceptors (Lipinski definition) is 3. The van der Waals surface area contributed by atoms with Gasteiger partial charge in [0.25, 0.3) is 0 Å². The maximum Gasteiger partial charge on any atom is 0.336 e. The fourth-order valence-electron chi connectivity index (χ4n) is 2.62. The molecule has 1 N–H and O–H groups in total. The highest BCUT2D eigenvalue weighted by molar-refractivity contribution is 5.94. The van der Waals surface area contributed by atoms with Gasteiger partial charge in [0, 0.05) is 23.6 Å². The Balaban J connectivity index is 2.28. The van der Waals surface area contributed by atoms with Crippen LogP contribution in [0.3, 0.4) is 0 Å². The van der Waals surface area contributed by atoms with Crippen LogP contribution in [0.4, 0.5) is 0 Å². The normalized spacial score (nSPS) is 11.0. The maximum absolute atomic E-state index is 11.9. The highest BCUT2D eigenvalue weighted by Gasteiger charge is 2.10. The first-order valence-corrected chi connectivity index (χ1v) is 6.96. The Morgan fingerprint density at radius 3 is 2.62 bits per heavy atom. The molecule has 2 aromatic carbocycles. The number of aryl methyl sites for hydroxylation is 1. The predicted molar refractivity (Wildman–Crippen MR) is 85.4 cm³/mol. The number of hydrogen-bond donors (Lipinski definition) is 1. The van der Waals surface area contributed by atoms with Crippen LogP contribution in [0.5, 0.6) is 0 Å². The fourth-order valence-corrected chi connectivity index (χ4v) is 2.62. The zero-order valence-electron chi connectivity index (χ0n) is 12.1. The van der Waals surface area contributed by atoms with Crippen molar-refractivity contribution in [2.45, 2.75) is 13.5 Å². The molecule has 0 unspecified atom stereocenters. The minimum absolute atomic E-state index is 0.317. The number of benzene rings is 2. The predicted octanol–water partition coefficient (Wildman–Crippen LogP) is 3.49. The molecule has 0 atom stereocenters. The van der Waals surface area contributed by atoms with Gasteiger partial charge in [-0.15, -0.1) is 0 Å². The number of nitrogens with one attached hydrogen (secondary N) is 1. The molecule has 3 aromatic rings. The van der Waals surface area contributed by atoms with Gasteiger partial charge >= 0.3 is 5.63 Å². The SMILES string of the molecule is CNCc1ccc2c(-c3ccccc3C)cc(=O)oc2c1. The zero-order valence-corrected chi connectivity index (χ0v) is 12.1. The van der Waals surface area contributed by atoms with Gasteiger partial charge in [-0.25, -0.2) is 4.79 Å². The van der Waals surface area contributed by atoms with Gasteiger partial charge in [0.15, 0.2) is 0 Å². The zero-order chi connectivity index (χ0) is 14.8. The van der Waals surface area contributed by atoms with Crippen LogP contribution in [0.2, 0.25) is 0 Å². The van der Waals surface area contributed by atoms with E-state index in [0.29, 0.717) is 5.58 Å². The van der Waals surface area contributed by atoms with Gasteiger partial charge in [-0.1, -0.05) is 36.4 Å². The molecule has 0 bridgehead atoms. The second-order valence-electron chi connectivity index (χ2n) is 5.15. The van der Waals surface area contributed by atoms with Crippen molar-refractivity contribution < 1.29 is 4.42 Å². The van der Waals surface area contributed by atoms with E-state index >= 15 is 0 Å². The van der Waals surface area contributed by atoms with Crippen molar-refractivity contribution in [3.05, 3.63) is 70.1 Å². The van der Waals surface area contributed by atoms with Crippen molar-refractivity contribution in [1.82, 2.24) is 5.32 Å². The average molecular weight is 279 g/mol. The third-order valence-electron chi connectivity index (χ3n) is 3.63. The van der Waals surface area contributed by atoms with Gasteiger partial charge < -0.3 is 9.73 Å². The van der Waals surface area contributed by atoms with Crippen molar-refractivity contribution in [2.75, 3.05) is 7.05 Å². The van der Waals surface area contributed by atoms with Crippen molar-refractivity contribution in [1.29, 1.82) is 0 Å². The van der Waals surface area contributed by atoms with Crippen molar-refractivity contribution in [3.8, 4) is 11.1 Å². The molecule has 0 aliphatic carbocycles. The molecule has 0 spiro atoms. The summed E-state index contributed by atoms with van der Waals surface area (Å²) in [5, 5.41) is 4.06. The lowest BCUT2D eigenvalue weighted by Crippen LogP contribution is -2.05. The lowest BCUT2D eigenvalue weighted by Gasteiger charge is -2.09. The lowest BCUT2D eigenvalue weighted by atomic mass is 9.97. The van der Waals surface area contributed by atoms with E-state index in [2.05, 4.69) is 11.4 Å². The second-order valence-corrected chi connectivity index (χ2v) is 5.15. The summed E-state index contributed by atoms with van der Waals surface area (Å²) in [6, 6.07) is 15.6. The molecular weight excluding hydrogens is 262 g/mol. The van der Waals surface area contributed by atoms with Crippen molar-refractivity contribution in [3.63, 3.8) is 0 Å². The second kappa shape index (κ2) is 5.54. The molecule has 0 aliphatic heterocycles. The molecule has 3 heteroatoms. The Kier molecular flexibility index (Phi) is 3.59. The number of rotatable bonds is 3. The summed E-state index contributed by atoms with van der Waals surface area (Å²) < 4.78 is 5.37. The molecular formula is C18H17NO2. The van der Waals surface area contributed by atoms with Crippen LogP contribution in [0.15, 0.2) is 57.7 Å². The van der Waals surface area contributed by atoms with Gasteiger partial charge in [0.1, 0.15) is 5.58 Å².